The Labute approximate surface area is 101 Å². The summed E-state index contributed by atoms with van der Waals surface area (Å²) >= 11 is 0. The molecule has 0 heterocycles. The number of hydrogen-bond acceptors (Lipinski definition) is 3. The minimum atomic E-state index is -1.08. The van der Waals surface area contributed by atoms with Crippen molar-refractivity contribution in [2.45, 2.75) is 39.7 Å². The van der Waals surface area contributed by atoms with Crippen molar-refractivity contribution in [3.05, 3.63) is 0 Å². The lowest BCUT2D eigenvalue weighted by molar-refractivity contribution is -0.143. The Morgan fingerprint density at radius 2 is 1.76 bits per heavy atom. The van der Waals surface area contributed by atoms with E-state index in [1.54, 1.807) is 13.8 Å². The van der Waals surface area contributed by atoms with Crippen LogP contribution in [0.3, 0.4) is 0 Å². The molecular weight excluding hydrogens is 224 g/mol. The molecule has 0 saturated carbocycles. The molecule has 1 atom stereocenters. The van der Waals surface area contributed by atoms with E-state index in [0.717, 1.165) is 0 Å². The van der Waals surface area contributed by atoms with Crippen LogP contribution in [-0.2, 0) is 14.4 Å². The molecule has 0 aromatic rings. The van der Waals surface area contributed by atoms with Crippen LogP contribution in [0.4, 0.5) is 0 Å². The van der Waals surface area contributed by atoms with Gasteiger partial charge in [-0.25, -0.2) is 4.79 Å². The van der Waals surface area contributed by atoms with E-state index in [0.29, 0.717) is 12.8 Å². The molecule has 0 bridgehead atoms. The normalized spacial score (nSPS) is 12.0. The predicted molar refractivity (Wildman–Crippen MR) is 62.3 cm³/mol. The number of rotatable bonds is 7. The van der Waals surface area contributed by atoms with Gasteiger partial charge in [-0.2, -0.15) is 0 Å². The van der Waals surface area contributed by atoms with Gasteiger partial charge in [-0.3, -0.25) is 9.59 Å². The third-order valence-electron chi connectivity index (χ3n) is 2.17. The molecule has 0 aliphatic heterocycles. The highest BCUT2D eigenvalue weighted by Gasteiger charge is 2.23. The molecule has 0 spiro atoms. The van der Waals surface area contributed by atoms with E-state index < -0.39 is 17.9 Å². The van der Waals surface area contributed by atoms with Gasteiger partial charge in [0.15, 0.2) is 0 Å². The van der Waals surface area contributed by atoms with E-state index in [-0.39, 0.29) is 18.4 Å². The van der Waals surface area contributed by atoms with E-state index in [9.17, 15) is 14.4 Å². The predicted octanol–water partition coefficient (Wildman–Crippen LogP) is 0.128. The molecule has 98 valence electrons. The second-order valence-electron chi connectivity index (χ2n) is 4.15. The van der Waals surface area contributed by atoms with Crippen molar-refractivity contribution in [3.63, 3.8) is 0 Å². The fourth-order valence-corrected chi connectivity index (χ4v) is 1.23. The summed E-state index contributed by atoms with van der Waals surface area (Å²) < 4.78 is 0. The summed E-state index contributed by atoms with van der Waals surface area (Å²) in [6, 6.07) is -0.925. The van der Waals surface area contributed by atoms with Crippen LogP contribution < -0.4 is 10.6 Å². The molecule has 0 radical (unpaired) electrons. The summed E-state index contributed by atoms with van der Waals surface area (Å²) in [4.78, 5) is 33.3. The maximum absolute atomic E-state index is 11.4. The van der Waals surface area contributed by atoms with Crippen LogP contribution >= 0.6 is 0 Å². The van der Waals surface area contributed by atoms with Crippen LogP contribution in [0.15, 0.2) is 0 Å². The minimum Gasteiger partial charge on any atom is -0.480 e. The molecule has 0 aromatic carbocycles. The van der Waals surface area contributed by atoms with Gasteiger partial charge in [0.05, 0.1) is 6.54 Å². The smallest absolute Gasteiger partial charge is 0.326 e. The molecule has 0 aromatic heterocycles. The first-order valence-electron chi connectivity index (χ1n) is 5.67. The molecule has 0 aliphatic rings. The van der Waals surface area contributed by atoms with Gasteiger partial charge in [0.25, 0.3) is 0 Å². The van der Waals surface area contributed by atoms with Gasteiger partial charge in [0, 0.05) is 6.42 Å². The maximum atomic E-state index is 11.4. The number of aliphatic carboxylic acids is 1. The number of carboxylic acids is 1. The quantitative estimate of drug-likeness (QED) is 0.593. The number of carboxylic acid groups (broad SMARTS) is 1. The van der Waals surface area contributed by atoms with Crippen LogP contribution in [0.25, 0.3) is 0 Å². The number of carbonyl (C=O) groups excluding carboxylic acids is 2. The molecule has 6 heteroatoms. The summed E-state index contributed by atoms with van der Waals surface area (Å²) in [5, 5.41) is 13.6. The zero-order chi connectivity index (χ0) is 13.4. The van der Waals surface area contributed by atoms with Crippen molar-refractivity contribution in [1.29, 1.82) is 0 Å². The largest absolute Gasteiger partial charge is 0.480 e. The molecule has 0 saturated heterocycles. The average molecular weight is 244 g/mol. The second-order valence-corrected chi connectivity index (χ2v) is 4.15. The lowest BCUT2D eigenvalue weighted by Gasteiger charge is -2.17. The Balaban J connectivity index is 4.07. The highest BCUT2D eigenvalue weighted by Crippen LogP contribution is 2.01. The van der Waals surface area contributed by atoms with Crippen molar-refractivity contribution in [2.75, 3.05) is 6.54 Å². The molecule has 0 aliphatic carbocycles. The Morgan fingerprint density at radius 3 is 2.18 bits per heavy atom. The molecule has 0 fully saturated rings. The van der Waals surface area contributed by atoms with E-state index >= 15 is 0 Å². The molecule has 0 unspecified atom stereocenters. The van der Waals surface area contributed by atoms with E-state index in [1.807, 2.05) is 6.92 Å². The van der Waals surface area contributed by atoms with Gasteiger partial charge in [0.2, 0.25) is 11.8 Å². The van der Waals surface area contributed by atoms with E-state index in [4.69, 9.17) is 5.11 Å². The molecule has 6 nitrogen and oxygen atoms in total. The maximum Gasteiger partial charge on any atom is 0.326 e. The van der Waals surface area contributed by atoms with Gasteiger partial charge < -0.3 is 15.7 Å². The van der Waals surface area contributed by atoms with Crippen LogP contribution in [-0.4, -0.2) is 35.5 Å². The molecule has 0 rings (SSSR count). The summed E-state index contributed by atoms with van der Waals surface area (Å²) in [5.41, 5.74) is 0. The first-order valence-corrected chi connectivity index (χ1v) is 5.67. The highest BCUT2D eigenvalue weighted by atomic mass is 16.4. The first kappa shape index (κ1) is 15.4. The number of nitrogens with one attached hydrogen (secondary N) is 2. The van der Waals surface area contributed by atoms with Gasteiger partial charge in [-0.15, -0.1) is 0 Å². The third-order valence-corrected chi connectivity index (χ3v) is 2.17. The van der Waals surface area contributed by atoms with Gasteiger partial charge in [-0.05, 0) is 12.3 Å². The van der Waals surface area contributed by atoms with Crippen molar-refractivity contribution in [2.24, 2.45) is 5.92 Å². The number of hydrogen-bond donors (Lipinski definition) is 3. The average Bonchev–Trinajstić information content (AvgIpc) is 2.22. The monoisotopic (exact) mass is 244 g/mol. The van der Waals surface area contributed by atoms with Gasteiger partial charge in [-0.1, -0.05) is 20.8 Å². The second kappa shape index (κ2) is 7.65. The Hall–Kier alpha value is -1.59. The summed E-state index contributed by atoms with van der Waals surface area (Å²) in [6.45, 7) is 5.08. The third kappa shape index (κ3) is 6.55. The van der Waals surface area contributed by atoms with Crippen LogP contribution in [0.5, 0.6) is 0 Å². The summed E-state index contributed by atoms with van der Waals surface area (Å²) in [5.74, 6) is -1.98. The Morgan fingerprint density at radius 1 is 1.18 bits per heavy atom. The zero-order valence-electron chi connectivity index (χ0n) is 10.4. The number of carbonyl (C=O) groups is 3. The summed E-state index contributed by atoms with van der Waals surface area (Å²) in [6.07, 6.45) is 1.07. The van der Waals surface area contributed by atoms with Crippen LogP contribution in [0.1, 0.15) is 33.6 Å². The fourth-order valence-electron chi connectivity index (χ4n) is 1.23. The topological polar surface area (TPSA) is 95.5 Å². The van der Waals surface area contributed by atoms with Crippen LogP contribution in [0, 0.1) is 5.92 Å². The van der Waals surface area contributed by atoms with E-state index in [2.05, 4.69) is 10.6 Å². The first-order chi connectivity index (χ1) is 7.88. The lowest BCUT2D eigenvalue weighted by Crippen LogP contribution is -2.48. The Bertz CT molecular complexity index is 289. The molecule has 2 amide bonds. The summed E-state index contributed by atoms with van der Waals surface area (Å²) in [7, 11) is 0. The number of amides is 2. The fraction of sp³-hybridized carbons (Fsp3) is 0.727. The highest BCUT2D eigenvalue weighted by molar-refractivity contribution is 5.87. The van der Waals surface area contributed by atoms with Gasteiger partial charge in [0.1, 0.15) is 6.04 Å². The van der Waals surface area contributed by atoms with Crippen molar-refractivity contribution >= 4 is 17.8 Å². The standard InChI is InChI=1S/C11H20N2O4/c1-4-5-8(14)12-6-9(15)13-10(7(2)3)11(16)17/h7,10H,4-6H2,1-3H3,(H,12,14)(H,13,15)(H,16,17)/t10-/m0/s1. The zero-order valence-corrected chi connectivity index (χ0v) is 10.4. The van der Waals surface area contributed by atoms with Crippen LogP contribution in [0.2, 0.25) is 0 Å². The lowest BCUT2D eigenvalue weighted by atomic mass is 10.1. The molecular formula is C11H20N2O4. The molecule has 3 N–H and O–H groups in total. The SMILES string of the molecule is CCCC(=O)NCC(=O)N[C@H](C(=O)O)C(C)C. The minimum absolute atomic E-state index is 0.185. The van der Waals surface area contributed by atoms with Crippen molar-refractivity contribution in [1.82, 2.24) is 10.6 Å². The Kier molecular flexibility index (Phi) is 6.93. The molecule has 17 heavy (non-hydrogen) atoms. The van der Waals surface area contributed by atoms with E-state index in [1.165, 1.54) is 0 Å². The van der Waals surface area contributed by atoms with Crippen molar-refractivity contribution in [3.8, 4) is 0 Å². The van der Waals surface area contributed by atoms with Gasteiger partial charge >= 0.3 is 5.97 Å². The van der Waals surface area contributed by atoms with Crippen molar-refractivity contribution < 1.29 is 19.5 Å².